The second-order valence-corrected chi connectivity index (χ2v) is 14.8. The van der Waals surface area contributed by atoms with Gasteiger partial charge in [0, 0.05) is 34.1 Å². The first-order valence-electron chi connectivity index (χ1n) is 19.3. The maximum Gasteiger partial charge on any atom is 0.0473 e. The van der Waals surface area contributed by atoms with Crippen LogP contribution in [0, 0.1) is 13.8 Å². The lowest BCUT2D eigenvalue weighted by molar-refractivity contribution is 1.28. The first-order valence-corrected chi connectivity index (χ1v) is 19.3. The predicted molar refractivity (Wildman–Crippen MR) is 240 cm³/mol. The molecule has 0 saturated heterocycles. The van der Waals surface area contributed by atoms with Gasteiger partial charge in [0.2, 0.25) is 0 Å². The molecule has 0 aromatic heterocycles. The van der Waals surface area contributed by atoms with Gasteiger partial charge in [-0.05, 0) is 141 Å². The van der Waals surface area contributed by atoms with Crippen LogP contribution in [-0.2, 0) is 0 Å². The van der Waals surface area contributed by atoms with Gasteiger partial charge >= 0.3 is 0 Å². The lowest BCUT2D eigenvalue weighted by Gasteiger charge is -2.28. The number of hydrogen-bond donors (Lipinski definition) is 0. The van der Waals surface area contributed by atoms with Crippen molar-refractivity contribution in [1.29, 1.82) is 0 Å². The van der Waals surface area contributed by atoms with E-state index in [0.29, 0.717) is 0 Å². The van der Waals surface area contributed by atoms with E-state index in [1.165, 1.54) is 65.7 Å². The molecular weight excluding hydrogens is 677 g/mol. The fourth-order valence-electron chi connectivity index (χ4n) is 8.26. The minimum Gasteiger partial charge on any atom is -0.310 e. The molecule has 10 aromatic rings. The van der Waals surface area contributed by atoms with E-state index >= 15 is 0 Å². The lowest BCUT2D eigenvalue weighted by Crippen LogP contribution is -2.10. The Morgan fingerprint density at radius 2 is 0.589 bits per heavy atom. The SMILES string of the molecule is Cc1ccc(N(c2cccc(-c3ccccc3)c2)c2cc3ccc4cc(N(c5ccc(C)cc5)c5cccc(-c6ccccc6)c5)cc5ccc(c2)c3c45)cc1. The summed E-state index contributed by atoms with van der Waals surface area (Å²) < 4.78 is 0. The highest BCUT2D eigenvalue weighted by atomic mass is 15.1. The van der Waals surface area contributed by atoms with Gasteiger partial charge in [0.15, 0.2) is 0 Å². The summed E-state index contributed by atoms with van der Waals surface area (Å²) in [4.78, 5) is 4.78. The molecule has 266 valence electrons. The van der Waals surface area contributed by atoms with Crippen molar-refractivity contribution in [2.75, 3.05) is 9.80 Å². The predicted octanol–water partition coefficient (Wildman–Crippen LogP) is 15.5. The Morgan fingerprint density at radius 3 is 0.946 bits per heavy atom. The van der Waals surface area contributed by atoms with Gasteiger partial charge in [-0.3, -0.25) is 0 Å². The Bertz CT molecular complexity index is 2700. The highest BCUT2D eigenvalue weighted by Crippen LogP contribution is 2.45. The molecule has 2 nitrogen and oxygen atoms in total. The van der Waals surface area contributed by atoms with Crippen LogP contribution in [0.25, 0.3) is 54.6 Å². The summed E-state index contributed by atoms with van der Waals surface area (Å²) in [7, 11) is 0. The molecule has 0 saturated carbocycles. The number of aryl methyl sites for hydroxylation is 2. The van der Waals surface area contributed by atoms with Gasteiger partial charge in [-0.2, -0.15) is 0 Å². The zero-order chi connectivity index (χ0) is 37.6. The summed E-state index contributed by atoms with van der Waals surface area (Å²) in [5, 5.41) is 7.50. The molecule has 0 heterocycles. The zero-order valence-corrected chi connectivity index (χ0v) is 31.5. The highest BCUT2D eigenvalue weighted by Gasteiger charge is 2.20. The van der Waals surface area contributed by atoms with Crippen molar-refractivity contribution in [3.8, 4) is 22.3 Å². The van der Waals surface area contributed by atoms with E-state index in [1.807, 2.05) is 0 Å². The number of rotatable bonds is 8. The van der Waals surface area contributed by atoms with Crippen LogP contribution in [0.15, 0.2) is 206 Å². The minimum absolute atomic E-state index is 1.13. The second-order valence-electron chi connectivity index (χ2n) is 14.8. The van der Waals surface area contributed by atoms with E-state index in [1.54, 1.807) is 0 Å². The summed E-state index contributed by atoms with van der Waals surface area (Å²) in [5.74, 6) is 0. The molecule has 0 aliphatic rings. The van der Waals surface area contributed by atoms with Gasteiger partial charge in [-0.25, -0.2) is 0 Å². The zero-order valence-electron chi connectivity index (χ0n) is 31.5. The Hall–Kier alpha value is -7.16. The second kappa shape index (κ2) is 13.9. The van der Waals surface area contributed by atoms with Crippen molar-refractivity contribution in [1.82, 2.24) is 0 Å². The molecule has 0 spiro atoms. The third-order valence-corrected chi connectivity index (χ3v) is 11.0. The summed E-state index contributed by atoms with van der Waals surface area (Å²) in [5.41, 5.74) is 14.1. The molecule has 0 fully saturated rings. The molecule has 0 amide bonds. The quantitative estimate of drug-likeness (QED) is 0.144. The molecule has 0 aliphatic heterocycles. The first kappa shape index (κ1) is 33.4. The molecule has 10 aromatic carbocycles. The molecule has 0 radical (unpaired) electrons. The first-order chi connectivity index (χ1) is 27.6. The molecule has 2 heteroatoms. The summed E-state index contributed by atoms with van der Waals surface area (Å²) in [6.07, 6.45) is 0. The topological polar surface area (TPSA) is 6.48 Å². The van der Waals surface area contributed by atoms with Crippen molar-refractivity contribution < 1.29 is 0 Å². The Kier molecular flexibility index (Phi) is 8.30. The van der Waals surface area contributed by atoms with Crippen LogP contribution < -0.4 is 9.80 Å². The van der Waals surface area contributed by atoms with Gasteiger partial charge in [0.1, 0.15) is 0 Å². The average Bonchev–Trinajstić information content (AvgIpc) is 3.25. The van der Waals surface area contributed by atoms with Crippen molar-refractivity contribution in [2.24, 2.45) is 0 Å². The molecule has 0 bridgehead atoms. The Balaban J connectivity index is 1.12. The summed E-state index contributed by atoms with van der Waals surface area (Å²) >= 11 is 0. The number of hydrogen-bond acceptors (Lipinski definition) is 2. The Morgan fingerprint density at radius 1 is 0.250 bits per heavy atom. The van der Waals surface area contributed by atoms with E-state index in [-0.39, 0.29) is 0 Å². The van der Waals surface area contributed by atoms with Crippen molar-refractivity contribution in [3.63, 3.8) is 0 Å². The maximum atomic E-state index is 2.39. The summed E-state index contributed by atoms with van der Waals surface area (Å²) in [6, 6.07) is 75.4. The van der Waals surface area contributed by atoms with E-state index < -0.39 is 0 Å². The monoisotopic (exact) mass is 716 g/mol. The van der Waals surface area contributed by atoms with Gasteiger partial charge in [-0.1, -0.05) is 145 Å². The standard InChI is InChI=1S/C54H40N2/c1-37-19-27-47(28-20-37)55(49-17-9-15-41(31-49)39-11-5-3-6-12-39)51-33-43-23-25-45-35-52(36-46-26-24-44(34-51)53(43)54(45)46)56(48-29-21-38(2)22-30-48)50-18-10-16-42(32-50)40-13-7-4-8-14-40/h3-36H,1-2H3. The van der Waals surface area contributed by atoms with E-state index in [2.05, 4.69) is 230 Å². The molecule has 10 rings (SSSR count). The molecular formula is C54H40N2. The normalized spacial score (nSPS) is 11.4. The van der Waals surface area contributed by atoms with E-state index in [0.717, 1.165) is 34.1 Å². The molecule has 0 N–H and O–H groups in total. The van der Waals surface area contributed by atoms with Crippen LogP contribution in [0.4, 0.5) is 34.1 Å². The fraction of sp³-hybridized carbons (Fsp3) is 0.0370. The number of benzene rings is 10. The number of anilines is 6. The van der Waals surface area contributed by atoms with Crippen LogP contribution in [-0.4, -0.2) is 0 Å². The molecule has 0 unspecified atom stereocenters. The van der Waals surface area contributed by atoms with Crippen molar-refractivity contribution in [2.45, 2.75) is 13.8 Å². The fourth-order valence-corrected chi connectivity index (χ4v) is 8.26. The smallest absolute Gasteiger partial charge is 0.0473 e. The van der Waals surface area contributed by atoms with Gasteiger partial charge in [-0.15, -0.1) is 0 Å². The van der Waals surface area contributed by atoms with Gasteiger partial charge in [0.25, 0.3) is 0 Å². The summed E-state index contributed by atoms with van der Waals surface area (Å²) in [6.45, 7) is 4.29. The van der Waals surface area contributed by atoms with E-state index in [4.69, 9.17) is 0 Å². The van der Waals surface area contributed by atoms with E-state index in [9.17, 15) is 0 Å². The van der Waals surface area contributed by atoms with Crippen LogP contribution >= 0.6 is 0 Å². The largest absolute Gasteiger partial charge is 0.310 e. The highest BCUT2D eigenvalue weighted by molar-refractivity contribution is 6.24. The maximum absolute atomic E-state index is 2.39. The molecule has 56 heavy (non-hydrogen) atoms. The third-order valence-electron chi connectivity index (χ3n) is 11.0. The molecule has 0 aliphatic carbocycles. The van der Waals surface area contributed by atoms with Gasteiger partial charge < -0.3 is 9.80 Å². The Labute approximate surface area is 328 Å². The lowest BCUT2D eigenvalue weighted by atomic mass is 9.92. The van der Waals surface area contributed by atoms with Crippen molar-refractivity contribution in [3.05, 3.63) is 217 Å². The average molecular weight is 717 g/mol. The van der Waals surface area contributed by atoms with Gasteiger partial charge in [0.05, 0.1) is 0 Å². The third kappa shape index (κ3) is 6.12. The number of nitrogens with zero attached hydrogens (tertiary/aromatic N) is 2. The van der Waals surface area contributed by atoms with Crippen LogP contribution in [0.3, 0.4) is 0 Å². The minimum atomic E-state index is 1.13. The van der Waals surface area contributed by atoms with Crippen molar-refractivity contribution >= 4 is 66.4 Å². The molecule has 0 atom stereocenters. The van der Waals surface area contributed by atoms with Crippen LogP contribution in [0.2, 0.25) is 0 Å². The van der Waals surface area contributed by atoms with Crippen LogP contribution in [0.1, 0.15) is 11.1 Å². The van der Waals surface area contributed by atoms with Crippen LogP contribution in [0.5, 0.6) is 0 Å².